The van der Waals surface area contributed by atoms with Gasteiger partial charge in [-0.2, -0.15) is 0 Å². The van der Waals surface area contributed by atoms with Crippen LogP contribution in [0.25, 0.3) is 0 Å². The zero-order chi connectivity index (χ0) is 22.9. The molecule has 0 fully saturated rings. The average Bonchev–Trinajstić information content (AvgIpc) is 2.69. The summed E-state index contributed by atoms with van der Waals surface area (Å²) in [5, 5.41) is 3.52. The van der Waals surface area contributed by atoms with E-state index in [1.54, 1.807) is 37.3 Å². The first-order valence-corrected chi connectivity index (χ1v) is 11.9. The topological polar surface area (TPSA) is 124 Å². The number of nitrogens with two attached hydrogens (primary N) is 1. The van der Waals surface area contributed by atoms with Crippen molar-refractivity contribution in [1.82, 2.24) is 4.98 Å². The maximum Gasteiger partial charge on any atom is 0.274 e. The van der Waals surface area contributed by atoms with E-state index in [9.17, 15) is 13.2 Å². The van der Waals surface area contributed by atoms with Gasteiger partial charge in [-0.25, -0.2) is 13.4 Å². The van der Waals surface area contributed by atoms with E-state index < -0.39 is 21.8 Å². The van der Waals surface area contributed by atoms with Crippen LogP contribution in [0.3, 0.4) is 0 Å². The molecule has 2 unspecified atom stereocenters. The van der Waals surface area contributed by atoms with Gasteiger partial charge in [0.05, 0.1) is 30.9 Å². The molecule has 0 aliphatic rings. The molecule has 1 heterocycles. The van der Waals surface area contributed by atoms with Gasteiger partial charge in [0.15, 0.2) is 0 Å². The van der Waals surface area contributed by atoms with Crippen LogP contribution in [0.4, 0.5) is 5.69 Å². The molecule has 0 aliphatic heterocycles. The van der Waals surface area contributed by atoms with Crippen LogP contribution in [0.2, 0.25) is 0 Å². The van der Waals surface area contributed by atoms with Gasteiger partial charge in [-0.15, -0.1) is 9.24 Å². The third-order valence-electron chi connectivity index (χ3n) is 3.73. The van der Waals surface area contributed by atoms with E-state index >= 15 is 0 Å². The Kier molecular flexibility index (Phi) is 9.89. The van der Waals surface area contributed by atoms with Gasteiger partial charge < -0.3 is 15.8 Å². The fraction of sp³-hybridized carbons (Fsp3) is 0.350. The lowest BCUT2D eigenvalue weighted by molar-refractivity contribution is 0.102. The summed E-state index contributed by atoms with van der Waals surface area (Å²) in [5.41, 5.74) is 7.03. The highest BCUT2D eigenvalue weighted by molar-refractivity contribution is 7.90. The SMILES string of the molecule is CC.COc1ccc(C(=O)Nc2ccc(P)c(C(CS(C)(=O)=O)N=C(C)N)c2)nc1. The molecule has 2 rings (SSSR count). The van der Waals surface area contributed by atoms with E-state index in [-0.39, 0.29) is 17.3 Å². The quantitative estimate of drug-likeness (QED) is 0.378. The van der Waals surface area contributed by atoms with Crippen molar-refractivity contribution in [3.05, 3.63) is 47.8 Å². The Morgan fingerprint density at radius 3 is 2.47 bits per heavy atom. The first kappa shape index (κ1) is 25.5. The van der Waals surface area contributed by atoms with Crippen LogP contribution in [0, 0.1) is 0 Å². The fourth-order valence-corrected chi connectivity index (χ4v) is 3.70. The van der Waals surface area contributed by atoms with Gasteiger partial charge in [0, 0.05) is 11.9 Å². The molecule has 0 radical (unpaired) electrons. The van der Waals surface area contributed by atoms with Crippen molar-refractivity contribution < 1.29 is 17.9 Å². The lowest BCUT2D eigenvalue weighted by Gasteiger charge is -2.17. The smallest absolute Gasteiger partial charge is 0.274 e. The predicted molar refractivity (Wildman–Crippen MR) is 126 cm³/mol. The number of hydrogen-bond acceptors (Lipinski definition) is 6. The summed E-state index contributed by atoms with van der Waals surface area (Å²) in [5.74, 6) is 0.225. The number of amidine groups is 1. The minimum Gasteiger partial charge on any atom is -0.495 e. The first-order valence-electron chi connectivity index (χ1n) is 9.27. The molecule has 0 aliphatic carbocycles. The molecule has 10 heteroatoms. The molecule has 1 amide bonds. The minimum atomic E-state index is -3.30. The van der Waals surface area contributed by atoms with E-state index in [0.29, 0.717) is 17.0 Å². The van der Waals surface area contributed by atoms with Crippen molar-refractivity contribution in [3.8, 4) is 5.75 Å². The Labute approximate surface area is 180 Å². The third kappa shape index (κ3) is 8.08. The van der Waals surface area contributed by atoms with Crippen molar-refractivity contribution in [3.63, 3.8) is 0 Å². The van der Waals surface area contributed by atoms with E-state index in [1.165, 1.54) is 13.3 Å². The normalized spacial score (nSPS) is 12.4. The van der Waals surface area contributed by atoms with E-state index in [4.69, 9.17) is 10.5 Å². The van der Waals surface area contributed by atoms with Crippen molar-refractivity contribution in [2.24, 2.45) is 10.7 Å². The minimum absolute atomic E-state index is 0.194. The molecule has 0 bridgehead atoms. The van der Waals surface area contributed by atoms with Gasteiger partial charge in [0.25, 0.3) is 5.91 Å². The number of nitrogens with one attached hydrogen (secondary N) is 1. The number of hydrogen-bond donors (Lipinski definition) is 2. The summed E-state index contributed by atoms with van der Waals surface area (Å²) < 4.78 is 28.6. The Morgan fingerprint density at radius 2 is 1.97 bits per heavy atom. The highest BCUT2D eigenvalue weighted by Gasteiger charge is 2.20. The van der Waals surface area contributed by atoms with E-state index in [2.05, 4.69) is 24.5 Å². The van der Waals surface area contributed by atoms with Gasteiger partial charge in [0.2, 0.25) is 0 Å². The highest BCUT2D eigenvalue weighted by Crippen LogP contribution is 2.23. The van der Waals surface area contributed by atoms with Crippen molar-refractivity contribution in [2.45, 2.75) is 26.8 Å². The number of aromatic nitrogens is 1. The number of pyridine rings is 1. The lowest BCUT2D eigenvalue weighted by Crippen LogP contribution is -2.20. The van der Waals surface area contributed by atoms with Crippen LogP contribution in [0.1, 0.15) is 42.9 Å². The third-order valence-corrected chi connectivity index (χ3v) is 5.18. The summed E-state index contributed by atoms with van der Waals surface area (Å²) in [7, 11) is 0.758. The second-order valence-corrected chi connectivity index (χ2v) is 9.07. The predicted octanol–water partition coefficient (Wildman–Crippen LogP) is 2.33. The molecular weight excluding hydrogens is 423 g/mol. The van der Waals surface area contributed by atoms with Crippen LogP contribution in [0.5, 0.6) is 5.75 Å². The Hall–Kier alpha value is -2.51. The molecule has 8 nitrogen and oxygen atoms in total. The van der Waals surface area contributed by atoms with Crippen molar-refractivity contribution in [1.29, 1.82) is 0 Å². The summed E-state index contributed by atoms with van der Waals surface area (Å²) in [6.45, 7) is 5.60. The maximum absolute atomic E-state index is 12.4. The average molecular weight is 453 g/mol. The number of aliphatic imine (C=N–C) groups is 1. The Bertz CT molecular complexity index is 988. The van der Waals surface area contributed by atoms with Gasteiger partial charge in [-0.05, 0) is 42.1 Å². The van der Waals surface area contributed by atoms with Crippen LogP contribution < -0.4 is 21.1 Å². The molecule has 2 atom stereocenters. The van der Waals surface area contributed by atoms with Crippen LogP contribution in [-0.2, 0) is 9.84 Å². The van der Waals surface area contributed by atoms with Crippen LogP contribution in [-0.4, -0.2) is 44.3 Å². The number of methoxy groups -OCH3 is 1. The Balaban J connectivity index is 0.00000218. The second-order valence-electron chi connectivity index (χ2n) is 6.26. The van der Waals surface area contributed by atoms with E-state index in [1.807, 2.05) is 13.8 Å². The monoisotopic (exact) mass is 452 g/mol. The number of rotatable bonds is 7. The van der Waals surface area contributed by atoms with Crippen LogP contribution >= 0.6 is 9.24 Å². The summed E-state index contributed by atoms with van der Waals surface area (Å²) in [6.07, 6.45) is 2.60. The van der Waals surface area contributed by atoms with Crippen molar-refractivity contribution >= 4 is 41.8 Å². The van der Waals surface area contributed by atoms with Gasteiger partial charge >= 0.3 is 0 Å². The molecule has 30 heavy (non-hydrogen) atoms. The number of carbonyl (C=O) groups is 1. The van der Waals surface area contributed by atoms with Gasteiger partial charge in [0.1, 0.15) is 21.3 Å². The number of benzene rings is 1. The maximum atomic E-state index is 12.4. The highest BCUT2D eigenvalue weighted by atomic mass is 32.2. The zero-order valence-electron chi connectivity index (χ0n) is 17.8. The molecule has 2 aromatic rings. The molecule has 0 spiro atoms. The molecule has 0 saturated carbocycles. The Morgan fingerprint density at radius 1 is 1.30 bits per heavy atom. The summed E-state index contributed by atoms with van der Waals surface area (Å²) in [6, 6.07) is 7.67. The number of ether oxygens (including phenoxy) is 1. The second kappa shape index (κ2) is 11.6. The molecule has 1 aromatic heterocycles. The number of anilines is 1. The molecule has 3 N–H and O–H groups in total. The lowest BCUT2D eigenvalue weighted by atomic mass is 10.1. The number of nitrogens with zero attached hydrogens (tertiary/aromatic N) is 2. The van der Waals surface area contributed by atoms with Gasteiger partial charge in [-0.1, -0.05) is 19.9 Å². The largest absolute Gasteiger partial charge is 0.495 e. The first-order chi connectivity index (χ1) is 14.1. The van der Waals surface area contributed by atoms with Crippen LogP contribution in [0.15, 0.2) is 41.5 Å². The summed E-state index contributed by atoms with van der Waals surface area (Å²) >= 11 is 0. The molecular formula is C20H29N4O4PS. The molecule has 0 saturated heterocycles. The standard InChI is InChI=1S/C18H23N4O4PS.C2H6/c1-11(19)21-16(10-28(3,24)25)14-8-12(4-7-17(14)27)22-18(23)15-6-5-13(26-2)9-20-15;1-2/h4-9,16H,10,27H2,1-3H3,(H2,19,21)(H,22,23);1-2H3. The number of sulfone groups is 1. The number of amides is 1. The van der Waals surface area contributed by atoms with E-state index in [0.717, 1.165) is 11.6 Å². The van der Waals surface area contributed by atoms with Gasteiger partial charge in [-0.3, -0.25) is 9.79 Å². The molecule has 164 valence electrons. The fourth-order valence-electron chi connectivity index (χ4n) is 2.50. The van der Waals surface area contributed by atoms with Crippen molar-refractivity contribution in [2.75, 3.05) is 24.4 Å². The zero-order valence-corrected chi connectivity index (χ0v) is 19.8. The number of carbonyl (C=O) groups excluding carboxylic acids is 1. The summed E-state index contributed by atoms with van der Waals surface area (Å²) in [4.78, 5) is 20.7. The molecule has 1 aromatic carbocycles.